The molecule has 1 saturated heterocycles. The number of anilines is 1. The van der Waals surface area contributed by atoms with Gasteiger partial charge in [0.25, 0.3) is 0 Å². The van der Waals surface area contributed by atoms with Gasteiger partial charge in [0.05, 0.1) is 38.8 Å². The maximum atomic E-state index is 12.8. The molecule has 1 atom stereocenters. The van der Waals surface area contributed by atoms with Crippen LogP contribution < -0.4 is 19.5 Å². The number of amides is 1. The van der Waals surface area contributed by atoms with Gasteiger partial charge in [0.15, 0.2) is 11.5 Å². The van der Waals surface area contributed by atoms with Gasteiger partial charge in [-0.25, -0.2) is 0 Å². The highest BCUT2D eigenvalue weighted by Gasteiger charge is 2.27. The number of aromatic nitrogens is 2. The molecule has 2 heterocycles. The summed E-state index contributed by atoms with van der Waals surface area (Å²) in [5, 5.41) is 7.51. The Balaban J connectivity index is 1.37. The van der Waals surface area contributed by atoms with Crippen molar-refractivity contribution in [2.24, 2.45) is 5.92 Å². The number of rotatable bonds is 8. The second kappa shape index (κ2) is 10.8. The second-order valence-electron chi connectivity index (χ2n) is 7.99. The SMILES string of the molecule is COc1ccc(NC(=O)[C@@H]2CCCN(Cc3nc(-c4ccc(OC)c(OC)c4)no3)C2)cc1Cl. The molecule has 1 aromatic heterocycles. The van der Waals surface area contributed by atoms with E-state index in [1.165, 1.54) is 0 Å². The zero-order valence-corrected chi connectivity index (χ0v) is 20.1. The summed E-state index contributed by atoms with van der Waals surface area (Å²) in [6.07, 6.45) is 1.71. The number of likely N-dealkylation sites (tertiary alicyclic amines) is 1. The molecule has 180 valence electrons. The Bertz CT molecular complexity index is 1150. The lowest BCUT2D eigenvalue weighted by Crippen LogP contribution is -2.40. The lowest BCUT2D eigenvalue weighted by molar-refractivity contribution is -0.121. The molecule has 1 aliphatic rings. The molecule has 0 radical (unpaired) electrons. The minimum absolute atomic E-state index is 0.0394. The van der Waals surface area contributed by atoms with Crippen molar-refractivity contribution in [2.45, 2.75) is 19.4 Å². The molecular weight excluding hydrogens is 460 g/mol. The lowest BCUT2D eigenvalue weighted by Gasteiger charge is -2.30. The minimum Gasteiger partial charge on any atom is -0.495 e. The van der Waals surface area contributed by atoms with Crippen LogP contribution in [0.4, 0.5) is 5.69 Å². The van der Waals surface area contributed by atoms with E-state index in [2.05, 4.69) is 20.4 Å². The number of carbonyl (C=O) groups excluding carboxylic acids is 1. The van der Waals surface area contributed by atoms with Crippen molar-refractivity contribution in [1.82, 2.24) is 15.0 Å². The van der Waals surface area contributed by atoms with E-state index in [0.717, 1.165) is 24.9 Å². The Morgan fingerprint density at radius 3 is 2.62 bits per heavy atom. The number of benzene rings is 2. The highest BCUT2D eigenvalue weighted by molar-refractivity contribution is 6.32. The molecule has 0 spiro atoms. The standard InChI is InChI=1S/C24H27ClN4O5/c1-31-19-9-7-17(12-18(19)25)26-24(30)16-5-4-10-29(13-16)14-22-27-23(28-34-22)15-6-8-20(32-2)21(11-15)33-3/h6-9,11-12,16H,4-5,10,13-14H2,1-3H3,(H,26,30)/t16-/m1/s1. The Morgan fingerprint density at radius 2 is 1.88 bits per heavy atom. The van der Waals surface area contributed by atoms with E-state index in [-0.39, 0.29) is 11.8 Å². The number of methoxy groups -OCH3 is 3. The summed E-state index contributed by atoms with van der Waals surface area (Å²) in [7, 11) is 4.72. The molecule has 4 rings (SSSR count). The van der Waals surface area contributed by atoms with Gasteiger partial charge in [-0.3, -0.25) is 9.69 Å². The van der Waals surface area contributed by atoms with Gasteiger partial charge in [0.2, 0.25) is 17.6 Å². The van der Waals surface area contributed by atoms with Crippen molar-refractivity contribution < 1.29 is 23.5 Å². The molecule has 1 aliphatic heterocycles. The Labute approximate surface area is 202 Å². The van der Waals surface area contributed by atoms with Gasteiger partial charge in [-0.2, -0.15) is 4.98 Å². The summed E-state index contributed by atoms with van der Waals surface area (Å²) in [4.78, 5) is 19.5. The Hall–Kier alpha value is -3.30. The fraction of sp³-hybridized carbons (Fsp3) is 0.375. The van der Waals surface area contributed by atoms with Gasteiger partial charge in [0, 0.05) is 17.8 Å². The number of nitrogens with one attached hydrogen (secondary N) is 1. The fourth-order valence-corrected chi connectivity index (χ4v) is 4.26. The van der Waals surface area contributed by atoms with Crippen LogP contribution in [0.1, 0.15) is 18.7 Å². The van der Waals surface area contributed by atoms with Crippen LogP contribution in [0.2, 0.25) is 5.02 Å². The molecule has 1 amide bonds. The van der Waals surface area contributed by atoms with Crippen LogP contribution >= 0.6 is 11.6 Å². The molecular formula is C24H27ClN4O5. The van der Waals surface area contributed by atoms with Crippen LogP contribution in [0.25, 0.3) is 11.4 Å². The molecule has 0 saturated carbocycles. The van der Waals surface area contributed by atoms with Crippen molar-refractivity contribution in [1.29, 1.82) is 0 Å². The van der Waals surface area contributed by atoms with Crippen LogP contribution in [0.3, 0.4) is 0 Å². The number of hydrogen-bond donors (Lipinski definition) is 1. The van der Waals surface area contributed by atoms with Crippen LogP contribution in [-0.4, -0.2) is 55.4 Å². The van der Waals surface area contributed by atoms with Crippen molar-refractivity contribution in [3.05, 3.63) is 47.3 Å². The Morgan fingerprint density at radius 1 is 1.12 bits per heavy atom. The molecule has 1 fully saturated rings. The first-order valence-electron chi connectivity index (χ1n) is 10.9. The van der Waals surface area contributed by atoms with E-state index in [1.807, 2.05) is 6.07 Å². The van der Waals surface area contributed by atoms with Crippen molar-refractivity contribution in [3.8, 4) is 28.6 Å². The largest absolute Gasteiger partial charge is 0.495 e. The lowest BCUT2D eigenvalue weighted by atomic mass is 9.97. The van der Waals surface area contributed by atoms with Crippen LogP contribution in [0, 0.1) is 5.92 Å². The molecule has 0 bridgehead atoms. The van der Waals surface area contributed by atoms with Gasteiger partial charge in [-0.1, -0.05) is 16.8 Å². The quantitative estimate of drug-likeness (QED) is 0.504. The first-order chi connectivity index (χ1) is 16.5. The van der Waals surface area contributed by atoms with E-state index in [4.69, 9.17) is 30.3 Å². The maximum Gasteiger partial charge on any atom is 0.241 e. The molecule has 1 N–H and O–H groups in total. The third-order valence-corrected chi connectivity index (χ3v) is 6.06. The summed E-state index contributed by atoms with van der Waals surface area (Å²) in [5.74, 6) is 2.56. The van der Waals surface area contributed by atoms with Gasteiger partial charge in [0.1, 0.15) is 5.75 Å². The molecule has 2 aromatic carbocycles. The van der Waals surface area contributed by atoms with Gasteiger partial charge < -0.3 is 24.1 Å². The predicted octanol–water partition coefficient (Wildman–Crippen LogP) is 4.27. The van der Waals surface area contributed by atoms with E-state index < -0.39 is 0 Å². The number of ether oxygens (including phenoxy) is 3. The highest BCUT2D eigenvalue weighted by Crippen LogP contribution is 2.31. The maximum absolute atomic E-state index is 12.8. The summed E-state index contributed by atoms with van der Waals surface area (Å²) >= 11 is 6.17. The Kier molecular flexibility index (Phi) is 7.54. The first kappa shape index (κ1) is 23.8. The fourth-order valence-electron chi connectivity index (χ4n) is 4.00. The van der Waals surface area contributed by atoms with Gasteiger partial charge >= 0.3 is 0 Å². The van der Waals surface area contributed by atoms with Gasteiger partial charge in [-0.15, -0.1) is 0 Å². The molecule has 10 heteroatoms. The molecule has 9 nitrogen and oxygen atoms in total. The minimum atomic E-state index is -0.150. The summed E-state index contributed by atoms with van der Waals surface area (Å²) in [6.45, 7) is 1.93. The topological polar surface area (TPSA) is 99.0 Å². The molecule has 3 aromatic rings. The smallest absolute Gasteiger partial charge is 0.241 e. The van der Waals surface area contributed by atoms with Crippen LogP contribution in [0.5, 0.6) is 17.2 Å². The molecule has 34 heavy (non-hydrogen) atoms. The van der Waals surface area contributed by atoms with Crippen molar-refractivity contribution >= 4 is 23.2 Å². The number of carbonyl (C=O) groups is 1. The normalized spacial score (nSPS) is 16.2. The molecule has 0 aliphatic carbocycles. The summed E-state index contributed by atoms with van der Waals surface area (Å²) in [5.41, 5.74) is 1.41. The third kappa shape index (κ3) is 5.43. The van der Waals surface area contributed by atoms with Gasteiger partial charge in [-0.05, 0) is 55.8 Å². The number of halogens is 1. The third-order valence-electron chi connectivity index (χ3n) is 5.76. The van der Waals surface area contributed by atoms with Crippen LogP contribution in [0.15, 0.2) is 40.9 Å². The number of nitrogens with zero attached hydrogens (tertiary/aromatic N) is 3. The number of hydrogen-bond acceptors (Lipinski definition) is 8. The van der Waals surface area contributed by atoms with Crippen molar-refractivity contribution in [2.75, 3.05) is 39.7 Å². The average molecular weight is 487 g/mol. The van der Waals surface area contributed by atoms with E-state index in [1.54, 1.807) is 51.7 Å². The highest BCUT2D eigenvalue weighted by atomic mass is 35.5. The zero-order valence-electron chi connectivity index (χ0n) is 19.3. The second-order valence-corrected chi connectivity index (χ2v) is 8.40. The van der Waals surface area contributed by atoms with E-state index >= 15 is 0 Å². The predicted molar refractivity (Wildman–Crippen MR) is 127 cm³/mol. The average Bonchev–Trinajstić information content (AvgIpc) is 3.32. The van der Waals surface area contributed by atoms with Crippen LogP contribution in [-0.2, 0) is 11.3 Å². The summed E-state index contributed by atoms with van der Waals surface area (Å²) < 4.78 is 21.3. The number of piperidine rings is 1. The summed E-state index contributed by atoms with van der Waals surface area (Å²) in [6, 6.07) is 10.7. The van der Waals surface area contributed by atoms with E-state index in [0.29, 0.717) is 52.8 Å². The monoisotopic (exact) mass is 486 g/mol. The van der Waals surface area contributed by atoms with E-state index in [9.17, 15) is 4.79 Å². The van der Waals surface area contributed by atoms with Crippen molar-refractivity contribution in [3.63, 3.8) is 0 Å². The zero-order chi connectivity index (χ0) is 24.1. The molecule has 0 unspecified atom stereocenters. The first-order valence-corrected chi connectivity index (χ1v) is 11.3.